The zero-order valence-electron chi connectivity index (χ0n) is 27.0. The van der Waals surface area contributed by atoms with E-state index >= 15 is 0 Å². The number of sulfone groups is 1. The zero-order valence-corrected chi connectivity index (χ0v) is 28.5. The molecule has 45 heavy (non-hydrogen) atoms. The highest BCUT2D eigenvalue weighted by Crippen LogP contribution is 2.48. The summed E-state index contributed by atoms with van der Waals surface area (Å²) in [5, 5.41) is 6.18. The molecule has 240 valence electrons. The first-order valence-corrected chi connectivity index (χ1v) is 18.0. The second-order valence-electron chi connectivity index (χ2n) is 13.4. The number of nitrogens with zero attached hydrogens (tertiary/aromatic N) is 3. The minimum absolute atomic E-state index is 0.0335. The van der Waals surface area contributed by atoms with Crippen molar-refractivity contribution in [2.24, 2.45) is 11.8 Å². The van der Waals surface area contributed by atoms with Crippen LogP contribution in [0.4, 0.5) is 23.1 Å². The molecule has 2 unspecified atom stereocenters. The highest BCUT2D eigenvalue weighted by molar-refractivity contribution is 7.92. The first-order chi connectivity index (χ1) is 21.4. The van der Waals surface area contributed by atoms with Crippen molar-refractivity contribution in [3.8, 4) is 5.75 Å². The molecule has 0 spiro atoms. The highest BCUT2D eigenvalue weighted by atomic mass is 35.5. The summed E-state index contributed by atoms with van der Waals surface area (Å²) >= 11 is 6.50. The minimum Gasteiger partial charge on any atom is -0.489 e. The number of hydrogen-bond donors (Lipinski definition) is 2. The van der Waals surface area contributed by atoms with Gasteiger partial charge in [0.15, 0.2) is 15.7 Å². The quantitative estimate of drug-likeness (QED) is 0.215. The molecule has 10 heteroatoms. The van der Waals surface area contributed by atoms with Crippen molar-refractivity contribution in [3.63, 3.8) is 0 Å². The molecule has 3 aromatic rings. The van der Waals surface area contributed by atoms with Gasteiger partial charge >= 0.3 is 0 Å². The molecule has 2 aromatic carbocycles. The lowest BCUT2D eigenvalue weighted by molar-refractivity contribution is 0.160. The average Bonchev–Trinajstić information content (AvgIpc) is 3.90. The molecule has 3 aliphatic rings. The summed E-state index contributed by atoms with van der Waals surface area (Å²) in [6.45, 7) is 9.52. The summed E-state index contributed by atoms with van der Waals surface area (Å²) < 4.78 is 32.4. The number of aryl methyl sites for hydroxylation is 1. The lowest BCUT2D eigenvalue weighted by atomic mass is 9.85. The summed E-state index contributed by atoms with van der Waals surface area (Å²) in [7, 11) is -1.21. The molecule has 0 saturated heterocycles. The van der Waals surface area contributed by atoms with Crippen LogP contribution in [0.5, 0.6) is 5.75 Å². The van der Waals surface area contributed by atoms with Gasteiger partial charge in [-0.3, -0.25) is 4.90 Å². The Morgan fingerprint density at radius 2 is 1.71 bits per heavy atom. The topological polar surface area (TPSA) is 96.5 Å². The number of rotatable bonds is 11. The Bertz CT molecular complexity index is 1720. The molecule has 2 heterocycles. The van der Waals surface area contributed by atoms with Crippen LogP contribution in [0.15, 0.2) is 53.6 Å². The lowest BCUT2D eigenvalue weighted by Gasteiger charge is -2.39. The number of nitrogens with one attached hydrogen (secondary N) is 2. The Morgan fingerprint density at radius 3 is 2.38 bits per heavy atom. The fourth-order valence-electron chi connectivity index (χ4n) is 6.39. The lowest BCUT2D eigenvalue weighted by Crippen LogP contribution is -2.44. The average molecular weight is 650 g/mol. The Kier molecular flexibility index (Phi) is 8.89. The number of halogens is 1. The maximum atomic E-state index is 13.0. The molecule has 0 amide bonds. The van der Waals surface area contributed by atoms with Gasteiger partial charge in [-0.2, -0.15) is 4.98 Å². The molecular formula is C35H44ClN5O3S. The van der Waals surface area contributed by atoms with Gasteiger partial charge in [0.2, 0.25) is 5.95 Å². The Morgan fingerprint density at radius 1 is 1.00 bits per heavy atom. The van der Waals surface area contributed by atoms with Gasteiger partial charge in [-0.05, 0) is 127 Å². The molecule has 2 N–H and O–H groups in total. The van der Waals surface area contributed by atoms with E-state index in [1.165, 1.54) is 43.0 Å². The van der Waals surface area contributed by atoms with Gasteiger partial charge in [0.1, 0.15) is 10.8 Å². The molecule has 0 bridgehead atoms. The Balaban J connectivity index is 1.31. The minimum atomic E-state index is -3.54. The van der Waals surface area contributed by atoms with E-state index in [1.54, 1.807) is 38.1 Å². The van der Waals surface area contributed by atoms with E-state index in [0.717, 1.165) is 35.3 Å². The fourth-order valence-corrected chi connectivity index (χ4v) is 7.73. The highest BCUT2D eigenvalue weighted by Gasteiger charge is 2.43. The van der Waals surface area contributed by atoms with Crippen LogP contribution in [0.2, 0.25) is 5.02 Å². The number of para-hydroxylation sites is 1. The maximum absolute atomic E-state index is 13.0. The van der Waals surface area contributed by atoms with Gasteiger partial charge in [-0.25, -0.2) is 13.4 Å². The first-order valence-electron chi connectivity index (χ1n) is 16.1. The van der Waals surface area contributed by atoms with Crippen LogP contribution in [0.25, 0.3) is 5.57 Å². The van der Waals surface area contributed by atoms with E-state index in [-0.39, 0.29) is 16.0 Å². The number of benzene rings is 2. The molecule has 0 radical (unpaired) electrons. The van der Waals surface area contributed by atoms with E-state index in [2.05, 4.69) is 57.7 Å². The van der Waals surface area contributed by atoms with Crippen LogP contribution in [0.1, 0.15) is 70.9 Å². The third kappa shape index (κ3) is 6.86. The largest absolute Gasteiger partial charge is 0.489 e. The van der Waals surface area contributed by atoms with E-state index in [1.807, 2.05) is 13.8 Å². The number of hydrogen-bond acceptors (Lipinski definition) is 8. The van der Waals surface area contributed by atoms with Crippen LogP contribution >= 0.6 is 11.6 Å². The van der Waals surface area contributed by atoms with Crippen molar-refractivity contribution in [2.45, 2.75) is 95.1 Å². The fraction of sp³-hybridized carbons (Fsp3) is 0.486. The molecule has 8 nitrogen and oxygen atoms in total. The third-order valence-corrected chi connectivity index (χ3v) is 11.6. The second-order valence-corrected chi connectivity index (χ2v) is 16.2. The predicted molar refractivity (Wildman–Crippen MR) is 183 cm³/mol. The summed E-state index contributed by atoms with van der Waals surface area (Å²) in [6, 6.07) is 12.1. The molecular weight excluding hydrogens is 606 g/mol. The van der Waals surface area contributed by atoms with E-state index in [9.17, 15) is 8.42 Å². The van der Waals surface area contributed by atoms with Crippen molar-refractivity contribution in [1.82, 2.24) is 14.9 Å². The van der Waals surface area contributed by atoms with Crippen LogP contribution in [-0.2, 0) is 9.84 Å². The van der Waals surface area contributed by atoms with Crippen molar-refractivity contribution >= 4 is 50.2 Å². The van der Waals surface area contributed by atoms with Crippen LogP contribution in [-0.4, -0.2) is 53.8 Å². The first kappa shape index (κ1) is 31.8. The Labute approximate surface area is 272 Å². The SMILES string of the molecule is Cc1cc(Nc2ncc(Cl)c(Nc3ccccc3S(=O)(=O)C(C)C)n2)c(OC(C)C)cc1C1=CC(C2CC2)N(C)C(C2CC2)C1. The second kappa shape index (κ2) is 12.6. The Hall–Kier alpha value is -3.14. The van der Waals surface area contributed by atoms with E-state index in [0.29, 0.717) is 29.5 Å². The summed E-state index contributed by atoms with van der Waals surface area (Å²) in [4.78, 5) is 11.9. The summed E-state index contributed by atoms with van der Waals surface area (Å²) in [5.74, 6) is 2.91. The van der Waals surface area contributed by atoms with E-state index in [4.69, 9.17) is 16.3 Å². The third-order valence-electron chi connectivity index (χ3n) is 9.16. The number of likely N-dealkylation sites (N-methyl/N-ethyl adjacent to an activating group) is 1. The number of aromatic nitrogens is 2. The van der Waals surface area contributed by atoms with Crippen LogP contribution < -0.4 is 15.4 Å². The molecule has 2 saturated carbocycles. The molecule has 1 aliphatic heterocycles. The molecule has 2 fully saturated rings. The van der Waals surface area contributed by atoms with Crippen LogP contribution in [0, 0.1) is 18.8 Å². The number of ether oxygens (including phenoxy) is 1. The van der Waals surface area contributed by atoms with Gasteiger partial charge in [-0.15, -0.1) is 0 Å². The van der Waals surface area contributed by atoms with Gasteiger partial charge in [0, 0.05) is 12.1 Å². The molecule has 1 aromatic heterocycles. The van der Waals surface area contributed by atoms with Crippen molar-refractivity contribution in [1.29, 1.82) is 0 Å². The maximum Gasteiger partial charge on any atom is 0.229 e. The van der Waals surface area contributed by atoms with Gasteiger partial charge in [0.05, 0.1) is 33.8 Å². The predicted octanol–water partition coefficient (Wildman–Crippen LogP) is 8.17. The number of anilines is 4. The van der Waals surface area contributed by atoms with Gasteiger partial charge < -0.3 is 15.4 Å². The molecule has 6 rings (SSSR count). The monoisotopic (exact) mass is 649 g/mol. The summed E-state index contributed by atoms with van der Waals surface area (Å²) in [6.07, 6.45) is 10.3. The summed E-state index contributed by atoms with van der Waals surface area (Å²) in [5.41, 5.74) is 4.98. The standard InChI is InChI=1S/C35H44ClN5O3S/c1-20(2)44-32-18-26(25-16-30(23-11-12-23)41(6)31(17-25)24-13-14-24)22(5)15-29(32)39-35-37-19-27(36)34(40-35)38-28-9-7-8-10-33(28)45(42,43)21(3)4/h7-10,15-16,18-21,23-24,30-31H,11-14,17H2,1-6H3,(H2,37,38,39,40). The van der Waals surface area contributed by atoms with E-state index < -0.39 is 15.1 Å². The van der Waals surface area contributed by atoms with Gasteiger partial charge in [0.25, 0.3) is 0 Å². The smallest absolute Gasteiger partial charge is 0.229 e. The molecule has 2 aliphatic carbocycles. The normalized spacial score (nSPS) is 20.8. The van der Waals surface area contributed by atoms with Gasteiger partial charge in [-0.1, -0.05) is 29.8 Å². The van der Waals surface area contributed by atoms with Crippen molar-refractivity contribution in [3.05, 3.63) is 64.8 Å². The zero-order chi connectivity index (χ0) is 32.0. The van der Waals surface area contributed by atoms with Crippen molar-refractivity contribution < 1.29 is 13.2 Å². The van der Waals surface area contributed by atoms with Crippen molar-refractivity contribution in [2.75, 3.05) is 17.7 Å². The molecule has 2 atom stereocenters. The van der Waals surface area contributed by atoms with Crippen LogP contribution in [0.3, 0.4) is 0 Å².